The zero-order valence-electron chi connectivity index (χ0n) is 13.9. The van der Waals surface area contributed by atoms with Gasteiger partial charge in [-0.2, -0.15) is 14.5 Å². The number of nitrogens with one attached hydrogen (secondary N) is 1. The van der Waals surface area contributed by atoms with Crippen molar-refractivity contribution in [1.82, 2.24) is 24.0 Å². The highest BCUT2D eigenvalue weighted by molar-refractivity contribution is 7.10. The minimum absolute atomic E-state index is 0.0497. The maximum absolute atomic E-state index is 12.5. The molecule has 1 spiro atoms. The van der Waals surface area contributed by atoms with Crippen molar-refractivity contribution in [3.63, 3.8) is 0 Å². The maximum Gasteiger partial charge on any atom is 0.323 e. The van der Waals surface area contributed by atoms with Crippen LogP contribution in [0, 0.1) is 5.41 Å². The minimum atomic E-state index is -0.0497. The van der Waals surface area contributed by atoms with Gasteiger partial charge in [0.05, 0.1) is 11.8 Å². The van der Waals surface area contributed by atoms with Gasteiger partial charge in [0.1, 0.15) is 0 Å². The average molecular weight is 346 g/mol. The molecular weight excluding hydrogens is 324 g/mol. The smallest absolute Gasteiger partial charge is 0.323 e. The largest absolute Gasteiger partial charge is 0.324 e. The van der Waals surface area contributed by atoms with Gasteiger partial charge in [-0.1, -0.05) is 19.3 Å². The first-order valence-corrected chi connectivity index (χ1v) is 9.30. The predicted octanol–water partition coefficient (Wildman–Crippen LogP) is 3.13. The monoisotopic (exact) mass is 346 g/mol. The number of carbonyl (C=O) groups is 1. The van der Waals surface area contributed by atoms with Crippen LogP contribution in [0.25, 0.3) is 11.4 Å². The third-order valence-electron chi connectivity index (χ3n) is 5.24. The molecule has 0 bridgehead atoms. The molecule has 1 N–H and O–H groups in total. The Bertz CT molecular complexity index is 733. The summed E-state index contributed by atoms with van der Waals surface area (Å²) in [4.78, 5) is 18.9. The molecule has 0 aromatic carbocycles. The van der Waals surface area contributed by atoms with Crippen LogP contribution in [0.15, 0.2) is 12.4 Å². The molecule has 0 radical (unpaired) electrons. The summed E-state index contributed by atoms with van der Waals surface area (Å²) in [6, 6.07) is -0.0497. The summed E-state index contributed by atoms with van der Waals surface area (Å²) in [7, 11) is 1.85. The van der Waals surface area contributed by atoms with Gasteiger partial charge in [-0.15, -0.1) is 0 Å². The van der Waals surface area contributed by atoms with E-state index in [1.807, 2.05) is 18.1 Å². The summed E-state index contributed by atoms with van der Waals surface area (Å²) in [5, 5.41) is 7.57. The lowest BCUT2D eigenvalue weighted by Gasteiger charge is -2.33. The number of anilines is 1. The fourth-order valence-corrected chi connectivity index (χ4v) is 4.50. The molecule has 2 amide bonds. The lowest BCUT2D eigenvalue weighted by molar-refractivity contribution is 0.184. The number of amides is 2. The van der Waals surface area contributed by atoms with Crippen LogP contribution in [0.5, 0.6) is 0 Å². The Balaban J connectivity index is 1.39. The van der Waals surface area contributed by atoms with Crippen LogP contribution in [0.1, 0.15) is 38.5 Å². The maximum atomic E-state index is 12.5. The average Bonchev–Trinajstić information content (AvgIpc) is 3.29. The van der Waals surface area contributed by atoms with Crippen molar-refractivity contribution in [2.75, 3.05) is 18.4 Å². The molecule has 1 aliphatic heterocycles. The molecule has 2 fully saturated rings. The second kappa shape index (κ2) is 6.16. The van der Waals surface area contributed by atoms with Gasteiger partial charge in [-0.25, -0.2) is 4.79 Å². The van der Waals surface area contributed by atoms with Crippen LogP contribution < -0.4 is 5.32 Å². The zero-order chi connectivity index (χ0) is 16.6. The van der Waals surface area contributed by atoms with Crippen molar-refractivity contribution in [3.8, 4) is 11.4 Å². The first kappa shape index (κ1) is 15.6. The summed E-state index contributed by atoms with van der Waals surface area (Å²) in [5.41, 5.74) is 1.23. The van der Waals surface area contributed by atoms with E-state index >= 15 is 0 Å². The number of hydrogen-bond acceptors (Lipinski definition) is 5. The van der Waals surface area contributed by atoms with Gasteiger partial charge in [0, 0.05) is 37.9 Å². The summed E-state index contributed by atoms with van der Waals surface area (Å²) >= 11 is 1.21. The first-order valence-electron chi connectivity index (χ1n) is 8.52. The Morgan fingerprint density at radius 3 is 2.88 bits per heavy atom. The van der Waals surface area contributed by atoms with Crippen molar-refractivity contribution < 1.29 is 4.79 Å². The van der Waals surface area contributed by atoms with Gasteiger partial charge in [-0.05, 0) is 24.7 Å². The standard InChI is InChI=1S/C16H22N6OS/c1-21-10-12(9-17-21)13-18-14(24-20-13)19-15(23)22-8-7-16(11-22)5-3-2-4-6-16/h9-10H,2-8,11H2,1H3,(H,18,19,20,23). The van der Waals surface area contributed by atoms with E-state index in [2.05, 4.69) is 19.8 Å². The van der Waals surface area contributed by atoms with E-state index in [1.165, 1.54) is 43.6 Å². The quantitative estimate of drug-likeness (QED) is 0.906. The Morgan fingerprint density at radius 2 is 2.12 bits per heavy atom. The fourth-order valence-electron chi connectivity index (χ4n) is 3.92. The molecule has 1 saturated carbocycles. The van der Waals surface area contributed by atoms with E-state index in [0.29, 0.717) is 16.4 Å². The van der Waals surface area contributed by atoms with Crippen LogP contribution >= 0.6 is 11.5 Å². The van der Waals surface area contributed by atoms with Gasteiger partial charge in [0.2, 0.25) is 5.13 Å². The van der Waals surface area contributed by atoms with Crippen LogP contribution in [-0.4, -0.2) is 43.2 Å². The van der Waals surface area contributed by atoms with Crippen molar-refractivity contribution in [1.29, 1.82) is 0 Å². The summed E-state index contributed by atoms with van der Waals surface area (Å²) in [6.07, 6.45) is 11.2. The summed E-state index contributed by atoms with van der Waals surface area (Å²) in [6.45, 7) is 1.73. The van der Waals surface area contributed by atoms with E-state index in [9.17, 15) is 4.79 Å². The highest BCUT2D eigenvalue weighted by atomic mass is 32.1. The Morgan fingerprint density at radius 1 is 1.29 bits per heavy atom. The molecule has 8 heteroatoms. The Kier molecular flexibility index (Phi) is 3.99. The van der Waals surface area contributed by atoms with Crippen LogP contribution in [0.3, 0.4) is 0 Å². The lowest BCUT2D eigenvalue weighted by Crippen LogP contribution is -2.36. The fraction of sp³-hybridized carbons (Fsp3) is 0.625. The molecular formula is C16H22N6OS. The summed E-state index contributed by atoms with van der Waals surface area (Å²) in [5.74, 6) is 0.605. The Labute approximate surface area is 145 Å². The molecule has 4 rings (SSSR count). The zero-order valence-corrected chi connectivity index (χ0v) is 14.7. The lowest BCUT2D eigenvalue weighted by atomic mass is 9.73. The topological polar surface area (TPSA) is 75.9 Å². The molecule has 1 aliphatic carbocycles. The molecule has 2 aliphatic rings. The van der Waals surface area contributed by atoms with Gasteiger partial charge in [-0.3, -0.25) is 10.00 Å². The van der Waals surface area contributed by atoms with Crippen molar-refractivity contribution in [2.24, 2.45) is 12.5 Å². The third-order valence-corrected chi connectivity index (χ3v) is 5.87. The molecule has 0 atom stereocenters. The van der Waals surface area contributed by atoms with Crippen LogP contribution in [-0.2, 0) is 7.05 Å². The molecule has 2 aromatic rings. The van der Waals surface area contributed by atoms with Gasteiger partial charge < -0.3 is 4.90 Å². The number of hydrogen-bond donors (Lipinski definition) is 1. The van der Waals surface area contributed by atoms with E-state index in [4.69, 9.17) is 0 Å². The van der Waals surface area contributed by atoms with Crippen molar-refractivity contribution in [3.05, 3.63) is 12.4 Å². The van der Waals surface area contributed by atoms with E-state index in [1.54, 1.807) is 10.9 Å². The van der Waals surface area contributed by atoms with Gasteiger partial charge >= 0.3 is 6.03 Å². The van der Waals surface area contributed by atoms with Gasteiger partial charge in [0.25, 0.3) is 0 Å². The molecule has 0 unspecified atom stereocenters. The van der Waals surface area contributed by atoms with E-state index in [-0.39, 0.29) is 6.03 Å². The number of aromatic nitrogens is 4. The van der Waals surface area contributed by atoms with Crippen LogP contribution in [0.4, 0.5) is 9.93 Å². The second-order valence-corrected chi connectivity index (χ2v) is 7.74. The van der Waals surface area contributed by atoms with Crippen LogP contribution in [0.2, 0.25) is 0 Å². The van der Waals surface area contributed by atoms with E-state index < -0.39 is 0 Å². The first-order chi connectivity index (χ1) is 11.6. The Hall–Kier alpha value is -1.96. The number of rotatable bonds is 2. The number of nitrogens with zero attached hydrogens (tertiary/aromatic N) is 5. The molecule has 3 heterocycles. The molecule has 1 saturated heterocycles. The number of aryl methyl sites for hydroxylation is 1. The highest BCUT2D eigenvalue weighted by Gasteiger charge is 2.40. The number of urea groups is 1. The minimum Gasteiger partial charge on any atom is -0.324 e. The second-order valence-electron chi connectivity index (χ2n) is 6.99. The molecule has 24 heavy (non-hydrogen) atoms. The number of carbonyl (C=O) groups excluding carboxylic acids is 1. The summed E-state index contributed by atoms with van der Waals surface area (Å²) < 4.78 is 6.02. The normalized spacial score (nSPS) is 19.8. The SMILES string of the molecule is Cn1cc(-c2nsc(NC(=O)N3CCC4(CCCCC4)C3)n2)cn1. The number of likely N-dealkylation sites (tertiary alicyclic amines) is 1. The van der Waals surface area contributed by atoms with Gasteiger partial charge in [0.15, 0.2) is 5.82 Å². The molecule has 7 nitrogen and oxygen atoms in total. The molecule has 128 valence electrons. The third kappa shape index (κ3) is 3.02. The predicted molar refractivity (Wildman–Crippen MR) is 92.8 cm³/mol. The van der Waals surface area contributed by atoms with Crippen molar-refractivity contribution in [2.45, 2.75) is 38.5 Å². The van der Waals surface area contributed by atoms with E-state index in [0.717, 1.165) is 25.1 Å². The highest BCUT2D eigenvalue weighted by Crippen LogP contribution is 2.43. The molecule has 2 aromatic heterocycles. The van der Waals surface area contributed by atoms with Crippen molar-refractivity contribution >= 4 is 22.7 Å².